The summed E-state index contributed by atoms with van der Waals surface area (Å²) < 4.78 is 0. The third-order valence-electron chi connectivity index (χ3n) is 3.06. The molecule has 0 bridgehead atoms. The van der Waals surface area contributed by atoms with Gasteiger partial charge in [-0.15, -0.1) is 0 Å². The van der Waals surface area contributed by atoms with Crippen molar-refractivity contribution in [3.8, 4) is 0 Å². The molecule has 1 N–H and O–H groups in total. The number of unbranched alkanes of at least 4 members (excludes halogenated alkanes) is 3. The topological polar surface area (TPSA) is 32.3 Å². The molecule has 0 aliphatic heterocycles. The maximum absolute atomic E-state index is 11.9. The standard InChI is InChI=1S/C14H30N2O/c1-5-8-10-11-13(4)15-14(17)16(7-3)12-9-6-2/h13H,5-12H2,1-4H3,(H,15,17). The molecule has 3 heteroatoms. The molecule has 17 heavy (non-hydrogen) atoms. The molecule has 2 amide bonds. The van der Waals surface area contributed by atoms with Crippen LogP contribution in [0.4, 0.5) is 4.79 Å². The third kappa shape index (κ3) is 8.06. The van der Waals surface area contributed by atoms with Crippen LogP contribution in [0.15, 0.2) is 0 Å². The van der Waals surface area contributed by atoms with E-state index >= 15 is 0 Å². The molecule has 0 saturated heterocycles. The molecular formula is C14H30N2O. The summed E-state index contributed by atoms with van der Waals surface area (Å²) in [5.74, 6) is 0. The molecule has 102 valence electrons. The molecule has 0 aliphatic carbocycles. The Balaban J connectivity index is 3.86. The Labute approximate surface area is 107 Å². The highest BCUT2D eigenvalue weighted by Gasteiger charge is 2.12. The number of rotatable bonds is 9. The minimum Gasteiger partial charge on any atom is -0.336 e. The van der Waals surface area contributed by atoms with E-state index in [9.17, 15) is 4.79 Å². The predicted octanol–water partition coefficient (Wildman–Crippen LogP) is 3.79. The van der Waals surface area contributed by atoms with E-state index in [1.807, 2.05) is 11.8 Å². The second-order valence-electron chi connectivity index (χ2n) is 4.78. The summed E-state index contributed by atoms with van der Waals surface area (Å²) in [5, 5.41) is 3.09. The highest BCUT2D eigenvalue weighted by atomic mass is 16.2. The first-order chi connectivity index (χ1) is 8.15. The van der Waals surface area contributed by atoms with Gasteiger partial charge in [-0.1, -0.05) is 39.5 Å². The van der Waals surface area contributed by atoms with Crippen LogP contribution in [-0.2, 0) is 0 Å². The first-order valence-corrected chi connectivity index (χ1v) is 7.21. The van der Waals surface area contributed by atoms with Crippen LogP contribution in [0.5, 0.6) is 0 Å². The molecule has 0 radical (unpaired) electrons. The summed E-state index contributed by atoms with van der Waals surface area (Å²) in [6.07, 6.45) is 7.01. The van der Waals surface area contributed by atoms with E-state index in [1.165, 1.54) is 19.3 Å². The number of urea groups is 1. The van der Waals surface area contributed by atoms with Crippen molar-refractivity contribution in [1.29, 1.82) is 0 Å². The number of nitrogens with zero attached hydrogens (tertiary/aromatic N) is 1. The van der Waals surface area contributed by atoms with Crippen LogP contribution in [-0.4, -0.2) is 30.1 Å². The lowest BCUT2D eigenvalue weighted by Crippen LogP contribution is -2.44. The Hall–Kier alpha value is -0.730. The lowest BCUT2D eigenvalue weighted by molar-refractivity contribution is 0.195. The minimum absolute atomic E-state index is 0.102. The smallest absolute Gasteiger partial charge is 0.317 e. The number of hydrogen-bond donors (Lipinski definition) is 1. The lowest BCUT2D eigenvalue weighted by Gasteiger charge is -2.23. The average molecular weight is 242 g/mol. The monoisotopic (exact) mass is 242 g/mol. The maximum atomic E-state index is 11.9. The Morgan fingerprint density at radius 1 is 1.12 bits per heavy atom. The van der Waals surface area contributed by atoms with Gasteiger partial charge in [0.05, 0.1) is 0 Å². The van der Waals surface area contributed by atoms with E-state index in [2.05, 4.69) is 26.1 Å². The highest BCUT2D eigenvalue weighted by Crippen LogP contribution is 2.04. The molecule has 1 atom stereocenters. The molecular weight excluding hydrogens is 212 g/mol. The van der Waals surface area contributed by atoms with Crippen molar-refractivity contribution in [2.45, 2.75) is 72.3 Å². The van der Waals surface area contributed by atoms with Gasteiger partial charge in [0.1, 0.15) is 0 Å². The molecule has 0 saturated carbocycles. The molecule has 0 aliphatic rings. The van der Waals surface area contributed by atoms with Gasteiger partial charge in [-0.05, 0) is 26.7 Å². The van der Waals surface area contributed by atoms with Gasteiger partial charge in [-0.25, -0.2) is 4.79 Å². The van der Waals surface area contributed by atoms with Gasteiger partial charge >= 0.3 is 6.03 Å². The molecule has 0 rings (SSSR count). The second kappa shape index (κ2) is 10.4. The van der Waals surface area contributed by atoms with Crippen molar-refractivity contribution in [2.75, 3.05) is 13.1 Å². The van der Waals surface area contributed by atoms with Crippen molar-refractivity contribution in [1.82, 2.24) is 10.2 Å². The number of hydrogen-bond acceptors (Lipinski definition) is 1. The number of carbonyl (C=O) groups excluding carboxylic acids is 1. The first-order valence-electron chi connectivity index (χ1n) is 7.21. The first kappa shape index (κ1) is 16.3. The summed E-state index contributed by atoms with van der Waals surface area (Å²) in [6.45, 7) is 10.2. The molecule has 3 nitrogen and oxygen atoms in total. The Morgan fingerprint density at radius 2 is 1.76 bits per heavy atom. The molecule has 0 heterocycles. The van der Waals surface area contributed by atoms with Crippen molar-refractivity contribution in [2.24, 2.45) is 0 Å². The molecule has 0 aromatic carbocycles. The van der Waals surface area contributed by atoms with Crippen LogP contribution in [0.1, 0.15) is 66.2 Å². The summed E-state index contributed by atoms with van der Waals surface area (Å²) in [7, 11) is 0. The zero-order valence-corrected chi connectivity index (χ0v) is 12.1. The van der Waals surface area contributed by atoms with Gasteiger partial charge in [-0.3, -0.25) is 0 Å². The fourth-order valence-electron chi connectivity index (χ4n) is 1.83. The van der Waals surface area contributed by atoms with Crippen LogP contribution < -0.4 is 5.32 Å². The van der Waals surface area contributed by atoms with E-state index in [-0.39, 0.29) is 6.03 Å². The maximum Gasteiger partial charge on any atom is 0.317 e. The second-order valence-corrected chi connectivity index (χ2v) is 4.78. The van der Waals surface area contributed by atoms with E-state index in [1.54, 1.807) is 0 Å². The van der Waals surface area contributed by atoms with Crippen molar-refractivity contribution < 1.29 is 4.79 Å². The molecule has 0 fully saturated rings. The van der Waals surface area contributed by atoms with Crippen molar-refractivity contribution in [3.05, 3.63) is 0 Å². The van der Waals surface area contributed by atoms with E-state index in [4.69, 9.17) is 0 Å². The zero-order chi connectivity index (χ0) is 13.1. The molecule has 0 aromatic rings. The van der Waals surface area contributed by atoms with Gasteiger partial charge < -0.3 is 10.2 Å². The third-order valence-corrected chi connectivity index (χ3v) is 3.06. The minimum atomic E-state index is 0.102. The average Bonchev–Trinajstić information content (AvgIpc) is 2.30. The Morgan fingerprint density at radius 3 is 2.29 bits per heavy atom. The van der Waals surface area contributed by atoms with Gasteiger partial charge in [0.25, 0.3) is 0 Å². The molecule has 0 aromatic heterocycles. The van der Waals surface area contributed by atoms with Crippen LogP contribution in [0.2, 0.25) is 0 Å². The van der Waals surface area contributed by atoms with Crippen molar-refractivity contribution in [3.63, 3.8) is 0 Å². The fourth-order valence-corrected chi connectivity index (χ4v) is 1.83. The van der Waals surface area contributed by atoms with E-state index in [0.717, 1.165) is 32.4 Å². The van der Waals surface area contributed by atoms with E-state index in [0.29, 0.717) is 6.04 Å². The molecule has 1 unspecified atom stereocenters. The van der Waals surface area contributed by atoms with Gasteiger partial charge in [0, 0.05) is 19.1 Å². The van der Waals surface area contributed by atoms with Crippen LogP contribution in [0.25, 0.3) is 0 Å². The predicted molar refractivity (Wildman–Crippen MR) is 74.3 cm³/mol. The highest BCUT2D eigenvalue weighted by molar-refractivity contribution is 5.74. The van der Waals surface area contributed by atoms with Gasteiger partial charge in [0.15, 0.2) is 0 Å². The Bertz CT molecular complexity index is 195. The largest absolute Gasteiger partial charge is 0.336 e. The summed E-state index contributed by atoms with van der Waals surface area (Å²) in [5.41, 5.74) is 0. The molecule has 0 spiro atoms. The van der Waals surface area contributed by atoms with Crippen LogP contribution in [0.3, 0.4) is 0 Å². The van der Waals surface area contributed by atoms with Gasteiger partial charge in [0.2, 0.25) is 0 Å². The van der Waals surface area contributed by atoms with Crippen LogP contribution >= 0.6 is 0 Å². The fraction of sp³-hybridized carbons (Fsp3) is 0.929. The Kier molecular flexibility index (Phi) is 9.98. The number of carbonyl (C=O) groups is 1. The SMILES string of the molecule is CCCCCC(C)NC(=O)N(CC)CCCC. The summed E-state index contributed by atoms with van der Waals surface area (Å²) in [4.78, 5) is 13.8. The number of amides is 2. The summed E-state index contributed by atoms with van der Waals surface area (Å²) >= 11 is 0. The van der Waals surface area contributed by atoms with E-state index < -0.39 is 0 Å². The van der Waals surface area contributed by atoms with Crippen LogP contribution in [0, 0.1) is 0 Å². The van der Waals surface area contributed by atoms with Crippen molar-refractivity contribution >= 4 is 6.03 Å². The lowest BCUT2D eigenvalue weighted by atomic mass is 10.1. The zero-order valence-electron chi connectivity index (χ0n) is 12.1. The number of nitrogens with one attached hydrogen (secondary N) is 1. The van der Waals surface area contributed by atoms with Gasteiger partial charge in [-0.2, -0.15) is 0 Å². The summed E-state index contributed by atoms with van der Waals surface area (Å²) in [6, 6.07) is 0.398. The normalized spacial score (nSPS) is 12.2. The quantitative estimate of drug-likeness (QED) is 0.613.